The summed E-state index contributed by atoms with van der Waals surface area (Å²) in [7, 11) is 0. The number of nitrogens with zero attached hydrogens (tertiary/aromatic N) is 3. The van der Waals surface area contributed by atoms with Crippen molar-refractivity contribution in [3.05, 3.63) is 71.3 Å². The van der Waals surface area contributed by atoms with Crippen LogP contribution in [0.1, 0.15) is 67.6 Å². The third-order valence-electron chi connectivity index (χ3n) is 5.47. The molecule has 2 N–H and O–H groups in total. The second-order valence-corrected chi connectivity index (χ2v) is 8.29. The highest BCUT2D eigenvalue weighted by Crippen LogP contribution is 2.23. The SMILES string of the molecule is CCC(C)C(=O)Nc1cccc(CNC(=O)c2nc(C)n(-c3ccccc3C(C)C)n2)c1. The lowest BCUT2D eigenvalue weighted by atomic mass is 10.0. The molecule has 0 saturated heterocycles. The van der Waals surface area contributed by atoms with Gasteiger partial charge in [-0.05, 0) is 48.6 Å². The van der Waals surface area contributed by atoms with Crippen LogP contribution < -0.4 is 10.6 Å². The van der Waals surface area contributed by atoms with Crippen molar-refractivity contribution in [2.24, 2.45) is 5.92 Å². The number of carbonyl (C=O) groups excluding carboxylic acids is 2. The van der Waals surface area contributed by atoms with Gasteiger partial charge in [0, 0.05) is 18.2 Å². The first-order valence-electron chi connectivity index (χ1n) is 11.0. The minimum absolute atomic E-state index is 0.0134. The van der Waals surface area contributed by atoms with Gasteiger partial charge in [0.2, 0.25) is 11.7 Å². The standard InChI is InChI=1S/C25H31N5O2/c1-6-17(4)24(31)28-20-11-9-10-19(14-20)15-26-25(32)23-27-18(5)30(29-23)22-13-8-7-12-21(22)16(2)3/h7-14,16-17H,6,15H2,1-5H3,(H,26,32)(H,28,31). The zero-order chi connectivity index (χ0) is 23.3. The summed E-state index contributed by atoms with van der Waals surface area (Å²) >= 11 is 0. The zero-order valence-corrected chi connectivity index (χ0v) is 19.3. The molecule has 7 heteroatoms. The van der Waals surface area contributed by atoms with Crippen molar-refractivity contribution in [2.45, 2.75) is 53.5 Å². The van der Waals surface area contributed by atoms with Gasteiger partial charge in [-0.2, -0.15) is 0 Å². The normalized spacial score (nSPS) is 11.9. The Labute approximate surface area is 189 Å². The average molecular weight is 434 g/mol. The summed E-state index contributed by atoms with van der Waals surface area (Å²) in [6.45, 7) is 10.3. The molecular weight excluding hydrogens is 402 g/mol. The molecule has 2 amide bonds. The van der Waals surface area contributed by atoms with Crippen molar-refractivity contribution in [1.82, 2.24) is 20.1 Å². The van der Waals surface area contributed by atoms with Crippen molar-refractivity contribution in [3.8, 4) is 5.69 Å². The third-order valence-corrected chi connectivity index (χ3v) is 5.47. The number of nitrogens with one attached hydrogen (secondary N) is 2. The molecule has 1 aromatic heterocycles. The van der Waals surface area contributed by atoms with Crippen LogP contribution in [0.3, 0.4) is 0 Å². The molecule has 1 atom stereocenters. The van der Waals surface area contributed by atoms with Gasteiger partial charge in [0.05, 0.1) is 5.69 Å². The maximum absolute atomic E-state index is 12.7. The monoisotopic (exact) mass is 433 g/mol. The second kappa shape index (κ2) is 10.2. The van der Waals surface area contributed by atoms with Gasteiger partial charge in [-0.1, -0.05) is 58.0 Å². The highest BCUT2D eigenvalue weighted by Gasteiger charge is 2.17. The Morgan fingerprint density at radius 2 is 1.81 bits per heavy atom. The van der Waals surface area contributed by atoms with E-state index in [9.17, 15) is 9.59 Å². The molecule has 1 unspecified atom stereocenters. The summed E-state index contributed by atoms with van der Waals surface area (Å²) < 4.78 is 1.72. The lowest BCUT2D eigenvalue weighted by Crippen LogP contribution is -2.24. The molecule has 0 radical (unpaired) electrons. The molecule has 0 aliphatic rings. The van der Waals surface area contributed by atoms with Gasteiger partial charge >= 0.3 is 0 Å². The third kappa shape index (κ3) is 5.41. The molecule has 0 aliphatic heterocycles. The summed E-state index contributed by atoms with van der Waals surface area (Å²) in [6.07, 6.45) is 0.780. The van der Waals surface area contributed by atoms with Gasteiger partial charge in [-0.25, -0.2) is 9.67 Å². The van der Waals surface area contributed by atoms with Crippen molar-refractivity contribution >= 4 is 17.5 Å². The van der Waals surface area contributed by atoms with E-state index in [-0.39, 0.29) is 23.6 Å². The fraction of sp³-hybridized carbons (Fsp3) is 0.360. The molecular formula is C25H31N5O2. The number of anilines is 1. The van der Waals surface area contributed by atoms with Crippen molar-refractivity contribution in [3.63, 3.8) is 0 Å². The predicted molar refractivity (Wildman–Crippen MR) is 126 cm³/mol. The van der Waals surface area contributed by atoms with Crippen molar-refractivity contribution < 1.29 is 9.59 Å². The largest absolute Gasteiger partial charge is 0.345 e. The van der Waals surface area contributed by atoms with Gasteiger partial charge in [0.15, 0.2) is 0 Å². The maximum Gasteiger partial charge on any atom is 0.291 e. The summed E-state index contributed by atoms with van der Waals surface area (Å²) in [4.78, 5) is 29.2. The first-order chi connectivity index (χ1) is 15.3. The molecule has 32 heavy (non-hydrogen) atoms. The molecule has 3 aromatic rings. The van der Waals surface area contributed by atoms with E-state index in [0.29, 0.717) is 24.0 Å². The zero-order valence-electron chi connectivity index (χ0n) is 19.3. The van der Waals surface area contributed by atoms with E-state index in [0.717, 1.165) is 23.2 Å². The Bertz CT molecular complexity index is 1100. The number of benzene rings is 2. The minimum Gasteiger partial charge on any atom is -0.345 e. The smallest absolute Gasteiger partial charge is 0.291 e. The number of para-hydroxylation sites is 1. The Kier molecular flexibility index (Phi) is 7.41. The summed E-state index contributed by atoms with van der Waals surface area (Å²) in [6, 6.07) is 15.4. The van der Waals surface area contributed by atoms with Crippen LogP contribution in [0.5, 0.6) is 0 Å². The van der Waals surface area contributed by atoms with Crippen LogP contribution in [-0.2, 0) is 11.3 Å². The first kappa shape index (κ1) is 23.2. The number of aromatic nitrogens is 3. The molecule has 0 aliphatic carbocycles. The molecule has 1 heterocycles. The van der Waals surface area contributed by atoms with Crippen LogP contribution in [0.25, 0.3) is 5.69 Å². The second-order valence-electron chi connectivity index (χ2n) is 8.29. The van der Waals surface area contributed by atoms with E-state index in [4.69, 9.17) is 0 Å². The molecule has 168 valence electrons. The van der Waals surface area contributed by atoms with Gasteiger partial charge in [-0.3, -0.25) is 9.59 Å². The topological polar surface area (TPSA) is 88.9 Å². The summed E-state index contributed by atoms with van der Waals surface area (Å²) in [5.74, 6) is 0.688. The number of aryl methyl sites for hydroxylation is 1. The summed E-state index contributed by atoms with van der Waals surface area (Å²) in [5.41, 5.74) is 3.66. The quantitative estimate of drug-likeness (QED) is 0.543. The van der Waals surface area contributed by atoms with Crippen LogP contribution in [0, 0.1) is 12.8 Å². The van der Waals surface area contributed by atoms with Gasteiger partial charge in [0.1, 0.15) is 5.82 Å². The fourth-order valence-electron chi connectivity index (χ4n) is 3.35. The van der Waals surface area contributed by atoms with E-state index in [1.165, 1.54) is 0 Å². The lowest BCUT2D eigenvalue weighted by Gasteiger charge is -2.12. The number of hydrogen-bond donors (Lipinski definition) is 2. The van der Waals surface area contributed by atoms with Crippen LogP contribution in [-0.4, -0.2) is 26.6 Å². The van der Waals surface area contributed by atoms with Crippen LogP contribution in [0.4, 0.5) is 5.69 Å². The van der Waals surface area contributed by atoms with Crippen molar-refractivity contribution in [2.75, 3.05) is 5.32 Å². The van der Waals surface area contributed by atoms with E-state index >= 15 is 0 Å². The van der Waals surface area contributed by atoms with Gasteiger partial charge in [-0.15, -0.1) is 5.10 Å². The van der Waals surface area contributed by atoms with Gasteiger partial charge in [0.25, 0.3) is 5.91 Å². The molecule has 0 bridgehead atoms. The van der Waals surface area contributed by atoms with E-state index in [1.54, 1.807) is 4.68 Å². The summed E-state index contributed by atoms with van der Waals surface area (Å²) in [5, 5.41) is 10.2. The van der Waals surface area contributed by atoms with E-state index in [1.807, 2.05) is 63.2 Å². The van der Waals surface area contributed by atoms with Gasteiger partial charge < -0.3 is 10.6 Å². The number of amides is 2. The van der Waals surface area contributed by atoms with E-state index in [2.05, 4.69) is 40.6 Å². The van der Waals surface area contributed by atoms with E-state index < -0.39 is 0 Å². The maximum atomic E-state index is 12.7. The molecule has 0 spiro atoms. The minimum atomic E-state index is -0.345. The highest BCUT2D eigenvalue weighted by molar-refractivity contribution is 5.92. The molecule has 2 aromatic carbocycles. The molecule has 7 nitrogen and oxygen atoms in total. The van der Waals surface area contributed by atoms with Crippen LogP contribution in [0.2, 0.25) is 0 Å². The Morgan fingerprint density at radius 1 is 1.06 bits per heavy atom. The lowest BCUT2D eigenvalue weighted by molar-refractivity contribution is -0.119. The number of hydrogen-bond acceptors (Lipinski definition) is 4. The van der Waals surface area contributed by atoms with Crippen LogP contribution >= 0.6 is 0 Å². The first-order valence-corrected chi connectivity index (χ1v) is 11.0. The Balaban J connectivity index is 1.70. The number of carbonyl (C=O) groups is 2. The average Bonchev–Trinajstić information content (AvgIpc) is 3.18. The fourth-order valence-corrected chi connectivity index (χ4v) is 3.35. The highest BCUT2D eigenvalue weighted by atomic mass is 16.2. The van der Waals surface area contributed by atoms with Crippen LogP contribution in [0.15, 0.2) is 48.5 Å². The number of rotatable bonds is 8. The Morgan fingerprint density at radius 3 is 2.53 bits per heavy atom. The molecule has 3 rings (SSSR count). The molecule has 0 saturated carbocycles. The predicted octanol–water partition coefficient (Wildman–Crippen LogP) is 4.61. The molecule has 0 fully saturated rings. The van der Waals surface area contributed by atoms with Crippen molar-refractivity contribution in [1.29, 1.82) is 0 Å². The Hall–Kier alpha value is -3.48.